The molecule has 36 heavy (non-hydrogen) atoms. The molecule has 7 nitrogen and oxygen atoms in total. The van der Waals surface area contributed by atoms with Crippen LogP contribution in [0.1, 0.15) is 37.3 Å². The lowest BCUT2D eigenvalue weighted by molar-refractivity contribution is -0.134. The number of imide groups is 1. The third kappa shape index (κ3) is 5.22. The maximum atomic E-state index is 13.5. The highest BCUT2D eigenvalue weighted by molar-refractivity contribution is 6.10. The molecule has 8 heteroatoms. The van der Waals surface area contributed by atoms with Gasteiger partial charge in [-0.2, -0.15) is 0 Å². The maximum Gasteiger partial charge on any atom is 0.325 e. The van der Waals surface area contributed by atoms with E-state index in [4.69, 9.17) is 4.74 Å². The van der Waals surface area contributed by atoms with Crippen LogP contribution in [0.3, 0.4) is 0 Å². The van der Waals surface area contributed by atoms with Gasteiger partial charge in [0.15, 0.2) is 5.75 Å². The molecule has 1 aliphatic rings. The van der Waals surface area contributed by atoms with E-state index in [0.717, 1.165) is 16.9 Å². The van der Waals surface area contributed by atoms with E-state index in [1.165, 1.54) is 24.3 Å². The van der Waals surface area contributed by atoms with Crippen LogP contribution in [0.25, 0.3) is 0 Å². The first-order valence-corrected chi connectivity index (χ1v) is 11.9. The third-order valence-corrected chi connectivity index (χ3v) is 6.13. The van der Waals surface area contributed by atoms with E-state index >= 15 is 0 Å². The molecule has 1 aliphatic heterocycles. The second-order valence-electron chi connectivity index (χ2n) is 8.80. The molecule has 0 bridgehead atoms. The molecule has 1 saturated heterocycles. The molecule has 1 atom stereocenters. The largest absolute Gasteiger partial charge is 0.455 e. The number of hydrogen-bond acceptors (Lipinski definition) is 4. The van der Waals surface area contributed by atoms with E-state index in [9.17, 15) is 18.8 Å². The van der Waals surface area contributed by atoms with Crippen LogP contribution < -0.4 is 15.4 Å². The topological polar surface area (TPSA) is 87.7 Å². The van der Waals surface area contributed by atoms with E-state index in [2.05, 4.69) is 10.6 Å². The molecule has 0 spiro atoms. The van der Waals surface area contributed by atoms with Crippen molar-refractivity contribution >= 4 is 23.5 Å². The predicted octanol–water partition coefficient (Wildman–Crippen LogP) is 5.50. The first-order valence-electron chi connectivity index (χ1n) is 11.9. The quantitative estimate of drug-likeness (QED) is 0.389. The second-order valence-corrected chi connectivity index (χ2v) is 8.80. The molecular formula is C28H28FN3O4. The van der Waals surface area contributed by atoms with Gasteiger partial charge in [-0.25, -0.2) is 9.18 Å². The van der Waals surface area contributed by atoms with Crippen LogP contribution in [0.4, 0.5) is 14.9 Å². The fourth-order valence-electron chi connectivity index (χ4n) is 4.18. The average molecular weight is 490 g/mol. The predicted molar refractivity (Wildman–Crippen MR) is 134 cm³/mol. The summed E-state index contributed by atoms with van der Waals surface area (Å²) in [5.41, 5.74) is 0.641. The minimum atomic E-state index is -1.34. The van der Waals surface area contributed by atoms with Crippen molar-refractivity contribution in [1.29, 1.82) is 0 Å². The zero-order chi connectivity index (χ0) is 25.7. The number of anilines is 1. The monoisotopic (exact) mass is 489 g/mol. The third-order valence-electron chi connectivity index (χ3n) is 6.13. The van der Waals surface area contributed by atoms with Gasteiger partial charge in [-0.3, -0.25) is 14.5 Å². The number of aryl methyl sites for hydroxylation is 1. The van der Waals surface area contributed by atoms with Crippen LogP contribution in [0.2, 0.25) is 0 Å². The van der Waals surface area contributed by atoms with Gasteiger partial charge in [0, 0.05) is 0 Å². The van der Waals surface area contributed by atoms with Crippen LogP contribution >= 0.6 is 0 Å². The number of ether oxygens (including phenoxy) is 1. The summed E-state index contributed by atoms with van der Waals surface area (Å²) in [5.74, 6) is -0.494. The molecule has 186 valence electrons. The molecule has 2 N–H and O–H groups in total. The number of para-hydroxylation sites is 2. The van der Waals surface area contributed by atoms with Gasteiger partial charge in [0.2, 0.25) is 5.91 Å². The molecule has 0 aromatic heterocycles. The van der Waals surface area contributed by atoms with Gasteiger partial charge in [-0.05, 0) is 55.3 Å². The van der Waals surface area contributed by atoms with E-state index in [0.29, 0.717) is 35.6 Å². The van der Waals surface area contributed by atoms with Crippen molar-refractivity contribution < 1.29 is 23.5 Å². The summed E-state index contributed by atoms with van der Waals surface area (Å²) in [6, 6.07) is 19.2. The standard InChI is InChI=1S/C28H28FN3O4/c1-3-4-17-28(20-11-13-21(29)14-12-20)26(34)32(27(35)31-28)18-25(33)30-23-7-5-6-8-24(23)36-22-15-9-19(2)10-16-22/h5-16H,3-4,17-18H2,1-2H3,(H,30,33)(H,31,35). The number of amides is 4. The Morgan fingerprint density at radius 3 is 2.42 bits per heavy atom. The number of carbonyl (C=O) groups is 3. The van der Waals surface area contributed by atoms with Gasteiger partial charge >= 0.3 is 6.03 Å². The van der Waals surface area contributed by atoms with Gasteiger partial charge in [0.25, 0.3) is 5.91 Å². The van der Waals surface area contributed by atoms with Crippen molar-refractivity contribution in [1.82, 2.24) is 10.2 Å². The summed E-state index contributed by atoms with van der Waals surface area (Å²) in [5, 5.41) is 5.51. The van der Waals surface area contributed by atoms with Gasteiger partial charge in [0.05, 0.1) is 5.69 Å². The molecule has 3 aromatic rings. The highest BCUT2D eigenvalue weighted by atomic mass is 19.1. The fraction of sp³-hybridized carbons (Fsp3) is 0.250. The number of halogens is 1. The van der Waals surface area contributed by atoms with E-state index in [1.54, 1.807) is 24.3 Å². The normalized spacial score (nSPS) is 17.1. The number of benzene rings is 3. The summed E-state index contributed by atoms with van der Waals surface area (Å²) in [7, 11) is 0. The van der Waals surface area contributed by atoms with Gasteiger partial charge in [-0.1, -0.05) is 61.7 Å². The molecule has 4 amide bonds. The van der Waals surface area contributed by atoms with Crippen molar-refractivity contribution in [2.24, 2.45) is 0 Å². The Labute approximate surface area is 209 Å². The first kappa shape index (κ1) is 24.9. The van der Waals surface area contributed by atoms with Crippen LogP contribution in [-0.2, 0) is 15.1 Å². The number of hydrogen-bond donors (Lipinski definition) is 2. The highest BCUT2D eigenvalue weighted by Crippen LogP contribution is 2.35. The van der Waals surface area contributed by atoms with Crippen LogP contribution in [-0.4, -0.2) is 29.3 Å². The van der Waals surface area contributed by atoms with E-state index in [1.807, 2.05) is 38.1 Å². The van der Waals surface area contributed by atoms with Crippen LogP contribution in [0.15, 0.2) is 72.8 Å². The Kier molecular flexibility index (Phi) is 7.33. The molecule has 1 heterocycles. The Morgan fingerprint density at radius 2 is 1.72 bits per heavy atom. The van der Waals surface area contributed by atoms with Crippen molar-refractivity contribution in [3.8, 4) is 11.5 Å². The van der Waals surface area contributed by atoms with Crippen LogP contribution in [0, 0.1) is 12.7 Å². The first-order chi connectivity index (χ1) is 17.3. The van der Waals surface area contributed by atoms with Crippen molar-refractivity contribution in [2.45, 2.75) is 38.6 Å². The van der Waals surface area contributed by atoms with Gasteiger partial charge < -0.3 is 15.4 Å². The lowest BCUT2D eigenvalue weighted by Gasteiger charge is -2.27. The number of unbranched alkanes of at least 4 members (excludes halogenated alkanes) is 1. The smallest absolute Gasteiger partial charge is 0.325 e. The molecule has 0 radical (unpaired) electrons. The van der Waals surface area contributed by atoms with Gasteiger partial charge in [-0.15, -0.1) is 0 Å². The van der Waals surface area contributed by atoms with E-state index < -0.39 is 35.7 Å². The minimum absolute atomic E-state index is 0.338. The summed E-state index contributed by atoms with van der Waals surface area (Å²) < 4.78 is 19.4. The van der Waals surface area contributed by atoms with Crippen molar-refractivity contribution in [3.05, 3.63) is 89.7 Å². The molecular weight excluding hydrogens is 461 g/mol. The van der Waals surface area contributed by atoms with Crippen molar-refractivity contribution in [3.63, 3.8) is 0 Å². The minimum Gasteiger partial charge on any atom is -0.455 e. The lowest BCUT2D eigenvalue weighted by Crippen LogP contribution is -2.44. The summed E-state index contributed by atoms with van der Waals surface area (Å²) in [4.78, 5) is 40.2. The molecule has 0 aliphatic carbocycles. The summed E-state index contributed by atoms with van der Waals surface area (Å²) in [6.07, 6.45) is 1.79. The number of rotatable bonds is 9. The summed E-state index contributed by atoms with van der Waals surface area (Å²) in [6.45, 7) is 3.47. The second kappa shape index (κ2) is 10.6. The maximum absolute atomic E-state index is 13.5. The Morgan fingerprint density at radius 1 is 1.03 bits per heavy atom. The molecule has 1 fully saturated rings. The molecule has 1 unspecified atom stereocenters. The van der Waals surface area contributed by atoms with E-state index in [-0.39, 0.29) is 0 Å². The lowest BCUT2D eigenvalue weighted by atomic mass is 9.85. The van der Waals surface area contributed by atoms with Gasteiger partial charge in [0.1, 0.15) is 23.7 Å². The highest BCUT2D eigenvalue weighted by Gasteiger charge is 2.52. The fourth-order valence-corrected chi connectivity index (χ4v) is 4.18. The number of nitrogens with one attached hydrogen (secondary N) is 2. The SMILES string of the molecule is CCCCC1(c2ccc(F)cc2)NC(=O)N(CC(=O)Nc2ccccc2Oc2ccc(C)cc2)C1=O. The average Bonchev–Trinajstić information content (AvgIpc) is 3.10. The Hall–Kier alpha value is -4.20. The zero-order valence-electron chi connectivity index (χ0n) is 20.2. The molecule has 0 saturated carbocycles. The summed E-state index contributed by atoms with van der Waals surface area (Å²) >= 11 is 0. The zero-order valence-corrected chi connectivity index (χ0v) is 20.2. The number of urea groups is 1. The Balaban J connectivity index is 1.51. The van der Waals surface area contributed by atoms with Crippen LogP contribution in [0.5, 0.6) is 11.5 Å². The number of nitrogens with zero attached hydrogens (tertiary/aromatic N) is 1. The molecule has 3 aromatic carbocycles. The van der Waals surface area contributed by atoms with Crippen molar-refractivity contribution in [2.75, 3.05) is 11.9 Å². The Bertz CT molecular complexity index is 1260. The number of carbonyl (C=O) groups excluding carboxylic acids is 3. The molecule has 4 rings (SSSR count).